The average Bonchev–Trinajstić information content (AvgIpc) is 2.72. The van der Waals surface area contributed by atoms with Gasteiger partial charge in [-0.1, -0.05) is 12.1 Å². The molecule has 2 aromatic carbocycles. The third-order valence-corrected chi connectivity index (χ3v) is 4.91. The van der Waals surface area contributed by atoms with Crippen molar-refractivity contribution in [2.75, 3.05) is 44.6 Å². The maximum Gasteiger partial charge on any atom is 0.196 e. The molecular formula is C22H31IN4O2. The van der Waals surface area contributed by atoms with Gasteiger partial charge in [-0.15, -0.1) is 24.0 Å². The van der Waals surface area contributed by atoms with Gasteiger partial charge in [0, 0.05) is 37.6 Å². The molecule has 1 aliphatic rings. The number of nitrogens with zero attached hydrogens (tertiary/aromatic N) is 2. The van der Waals surface area contributed by atoms with Gasteiger partial charge in [-0.3, -0.25) is 0 Å². The van der Waals surface area contributed by atoms with E-state index in [1.165, 1.54) is 23.2 Å². The number of ether oxygens (including phenoxy) is 2. The Bertz CT molecular complexity index is 842. The van der Waals surface area contributed by atoms with E-state index >= 15 is 0 Å². The highest BCUT2D eigenvalue weighted by Crippen LogP contribution is 2.30. The maximum absolute atomic E-state index is 5.38. The lowest BCUT2D eigenvalue weighted by atomic mass is 10.00. The lowest BCUT2D eigenvalue weighted by Crippen LogP contribution is -2.30. The second-order valence-corrected chi connectivity index (χ2v) is 6.88. The van der Waals surface area contributed by atoms with Gasteiger partial charge in [0.25, 0.3) is 0 Å². The lowest BCUT2D eigenvalue weighted by Gasteiger charge is -2.27. The summed E-state index contributed by atoms with van der Waals surface area (Å²) in [6.45, 7) is 4.60. The van der Waals surface area contributed by atoms with E-state index in [2.05, 4.69) is 47.7 Å². The average molecular weight is 510 g/mol. The summed E-state index contributed by atoms with van der Waals surface area (Å²) < 4.78 is 10.7. The van der Waals surface area contributed by atoms with Crippen molar-refractivity contribution in [3.8, 4) is 11.5 Å². The Morgan fingerprint density at radius 3 is 2.62 bits per heavy atom. The first kappa shape index (κ1) is 23.1. The van der Waals surface area contributed by atoms with Crippen LogP contribution in [0.1, 0.15) is 24.5 Å². The number of nitrogens with one attached hydrogen (secondary N) is 2. The molecule has 0 amide bonds. The van der Waals surface area contributed by atoms with Crippen LogP contribution in [0.15, 0.2) is 41.4 Å². The van der Waals surface area contributed by atoms with Crippen LogP contribution in [0.25, 0.3) is 0 Å². The zero-order valence-electron chi connectivity index (χ0n) is 17.6. The minimum atomic E-state index is 0. The topological polar surface area (TPSA) is 58.1 Å². The summed E-state index contributed by atoms with van der Waals surface area (Å²) in [6.07, 6.45) is 2.35. The SMILES string of the molecule is CCNC(=NCc1ccc2c(c1)CCCN2C)Nc1ccc(OC)c(OC)c1.I. The quantitative estimate of drug-likeness (QED) is 0.345. The van der Waals surface area contributed by atoms with Gasteiger partial charge in [-0.25, -0.2) is 4.99 Å². The minimum Gasteiger partial charge on any atom is -0.493 e. The van der Waals surface area contributed by atoms with E-state index in [-0.39, 0.29) is 24.0 Å². The zero-order valence-corrected chi connectivity index (χ0v) is 19.9. The largest absolute Gasteiger partial charge is 0.493 e. The van der Waals surface area contributed by atoms with Gasteiger partial charge in [0.1, 0.15) is 0 Å². The van der Waals surface area contributed by atoms with E-state index in [0.29, 0.717) is 18.0 Å². The molecule has 0 atom stereocenters. The molecule has 0 unspecified atom stereocenters. The molecule has 0 aromatic heterocycles. The fourth-order valence-electron chi connectivity index (χ4n) is 3.47. The summed E-state index contributed by atoms with van der Waals surface area (Å²) in [4.78, 5) is 7.08. The summed E-state index contributed by atoms with van der Waals surface area (Å²) in [6, 6.07) is 12.4. The number of hydrogen-bond donors (Lipinski definition) is 2. The molecule has 0 spiro atoms. The first-order chi connectivity index (χ1) is 13.6. The first-order valence-corrected chi connectivity index (χ1v) is 9.75. The van der Waals surface area contributed by atoms with Crippen molar-refractivity contribution >= 4 is 41.3 Å². The Hall–Kier alpha value is -2.16. The molecular weight excluding hydrogens is 479 g/mol. The summed E-state index contributed by atoms with van der Waals surface area (Å²) in [7, 11) is 5.42. The van der Waals surface area contributed by atoms with Crippen LogP contribution < -0.4 is 25.0 Å². The van der Waals surface area contributed by atoms with Crippen molar-refractivity contribution in [3.05, 3.63) is 47.5 Å². The Balaban J connectivity index is 0.00000300. The van der Waals surface area contributed by atoms with Crippen LogP contribution in [0, 0.1) is 0 Å². The van der Waals surface area contributed by atoms with Crippen molar-refractivity contribution in [2.24, 2.45) is 4.99 Å². The Labute approximate surface area is 190 Å². The van der Waals surface area contributed by atoms with Gasteiger partial charge < -0.3 is 25.0 Å². The second-order valence-electron chi connectivity index (χ2n) is 6.88. The standard InChI is InChI=1S/C22H30N4O2.HI/c1-5-23-22(25-18-9-11-20(27-3)21(14-18)28-4)24-15-16-8-10-19-17(13-16)7-6-12-26(19)2;/h8-11,13-14H,5-7,12,15H2,1-4H3,(H2,23,24,25);1H. The fraction of sp³-hybridized carbons (Fsp3) is 0.409. The molecule has 0 fully saturated rings. The lowest BCUT2D eigenvalue weighted by molar-refractivity contribution is 0.355. The molecule has 29 heavy (non-hydrogen) atoms. The highest BCUT2D eigenvalue weighted by molar-refractivity contribution is 14.0. The number of halogens is 1. The molecule has 6 nitrogen and oxygen atoms in total. The van der Waals surface area contributed by atoms with Crippen molar-refractivity contribution in [3.63, 3.8) is 0 Å². The zero-order chi connectivity index (χ0) is 19.9. The second kappa shape index (κ2) is 11.1. The maximum atomic E-state index is 5.38. The molecule has 0 saturated carbocycles. The normalized spacial score (nSPS) is 13.2. The molecule has 0 saturated heterocycles. The van der Waals surface area contributed by atoms with E-state index in [4.69, 9.17) is 14.5 Å². The van der Waals surface area contributed by atoms with Gasteiger partial charge in [0.05, 0.1) is 20.8 Å². The van der Waals surface area contributed by atoms with Crippen LogP contribution in [-0.2, 0) is 13.0 Å². The highest BCUT2D eigenvalue weighted by atomic mass is 127. The molecule has 7 heteroatoms. The number of fused-ring (bicyclic) bond motifs is 1. The van der Waals surface area contributed by atoms with E-state index < -0.39 is 0 Å². The number of benzene rings is 2. The number of anilines is 2. The predicted octanol–water partition coefficient (Wildman–Crippen LogP) is 4.28. The summed E-state index contributed by atoms with van der Waals surface area (Å²) in [5.74, 6) is 2.13. The van der Waals surface area contributed by atoms with E-state index in [9.17, 15) is 0 Å². The Morgan fingerprint density at radius 1 is 1.10 bits per heavy atom. The van der Waals surface area contributed by atoms with Crippen LogP contribution >= 0.6 is 24.0 Å². The Kier molecular flexibility index (Phi) is 8.88. The van der Waals surface area contributed by atoms with Crippen molar-refractivity contribution in [1.29, 1.82) is 0 Å². The van der Waals surface area contributed by atoms with Crippen LogP contribution in [0.2, 0.25) is 0 Å². The molecule has 158 valence electrons. The van der Waals surface area contributed by atoms with Gasteiger partial charge in [0.15, 0.2) is 17.5 Å². The summed E-state index contributed by atoms with van der Waals surface area (Å²) in [5, 5.41) is 6.64. The molecule has 1 aliphatic heterocycles. The smallest absolute Gasteiger partial charge is 0.196 e. The van der Waals surface area contributed by atoms with Crippen molar-refractivity contribution in [1.82, 2.24) is 5.32 Å². The van der Waals surface area contributed by atoms with Crippen LogP contribution in [0.5, 0.6) is 11.5 Å². The molecule has 0 aliphatic carbocycles. The number of hydrogen-bond acceptors (Lipinski definition) is 4. The predicted molar refractivity (Wildman–Crippen MR) is 131 cm³/mol. The van der Waals surface area contributed by atoms with Gasteiger partial charge in [0.2, 0.25) is 0 Å². The molecule has 3 rings (SSSR count). The van der Waals surface area contributed by atoms with Gasteiger partial charge in [-0.05, 0) is 49.1 Å². The molecule has 2 N–H and O–H groups in total. The molecule has 1 heterocycles. The van der Waals surface area contributed by atoms with Crippen LogP contribution in [-0.4, -0.2) is 40.3 Å². The number of aryl methyl sites for hydroxylation is 1. The Morgan fingerprint density at radius 2 is 1.90 bits per heavy atom. The van der Waals surface area contributed by atoms with Crippen molar-refractivity contribution in [2.45, 2.75) is 26.3 Å². The van der Waals surface area contributed by atoms with Gasteiger partial charge >= 0.3 is 0 Å². The van der Waals surface area contributed by atoms with E-state index in [0.717, 1.165) is 31.2 Å². The van der Waals surface area contributed by atoms with Crippen molar-refractivity contribution < 1.29 is 9.47 Å². The summed E-state index contributed by atoms with van der Waals surface area (Å²) in [5.41, 5.74) is 4.87. The van der Waals surface area contributed by atoms with E-state index in [1.54, 1.807) is 14.2 Å². The number of guanidine groups is 1. The number of rotatable bonds is 6. The molecule has 0 radical (unpaired) electrons. The number of methoxy groups -OCH3 is 2. The minimum absolute atomic E-state index is 0. The van der Waals surface area contributed by atoms with Crippen LogP contribution in [0.3, 0.4) is 0 Å². The third-order valence-electron chi connectivity index (χ3n) is 4.91. The highest BCUT2D eigenvalue weighted by Gasteiger charge is 2.13. The molecule has 2 aromatic rings. The third kappa shape index (κ3) is 5.91. The number of aliphatic imine (C=N–C) groups is 1. The van der Waals surface area contributed by atoms with E-state index in [1.807, 2.05) is 18.2 Å². The van der Waals surface area contributed by atoms with Gasteiger partial charge in [-0.2, -0.15) is 0 Å². The monoisotopic (exact) mass is 510 g/mol. The van der Waals surface area contributed by atoms with Crippen LogP contribution in [0.4, 0.5) is 11.4 Å². The summed E-state index contributed by atoms with van der Waals surface area (Å²) >= 11 is 0. The first-order valence-electron chi connectivity index (χ1n) is 9.75. The molecule has 0 bridgehead atoms. The fourth-order valence-corrected chi connectivity index (χ4v) is 3.47.